The number of rotatable bonds is 3. The van der Waals surface area contributed by atoms with Crippen molar-refractivity contribution < 1.29 is 21.4 Å². The molecule has 0 amide bonds. The van der Waals surface area contributed by atoms with Crippen LogP contribution in [0.3, 0.4) is 0 Å². The molecule has 1 aliphatic heterocycles. The van der Waals surface area contributed by atoms with Gasteiger partial charge >= 0.3 is 0 Å². The Kier molecular flexibility index (Phi) is 3.18. The molecule has 0 aromatic heterocycles. The summed E-state index contributed by atoms with van der Waals surface area (Å²) >= 11 is 0. The Morgan fingerprint density at radius 1 is 0.826 bits per heavy atom. The van der Waals surface area contributed by atoms with Crippen LogP contribution in [0, 0.1) is 0 Å². The van der Waals surface area contributed by atoms with Gasteiger partial charge in [0, 0.05) is 5.69 Å². The molecule has 11 heteroatoms. The number of nitrogen functional groups attached to an aromatic ring is 2. The lowest BCUT2D eigenvalue weighted by Crippen LogP contribution is -2.11. The van der Waals surface area contributed by atoms with Crippen LogP contribution < -0.4 is 11.5 Å². The number of hydrogen-bond acceptors (Lipinski definition) is 8. The molecule has 1 heterocycles. The Hall–Kier alpha value is -2.50. The lowest BCUT2D eigenvalue weighted by atomic mass is 10.2. The molecule has 5 N–H and O–H groups in total. The van der Waals surface area contributed by atoms with Gasteiger partial charge in [-0.3, -0.25) is 4.55 Å². The molecule has 1 aliphatic rings. The van der Waals surface area contributed by atoms with E-state index in [9.17, 15) is 21.4 Å². The summed E-state index contributed by atoms with van der Waals surface area (Å²) in [5.74, 6) is 0. The van der Waals surface area contributed by atoms with Crippen molar-refractivity contribution in [3.63, 3.8) is 0 Å². The van der Waals surface area contributed by atoms with E-state index in [1.165, 1.54) is 18.2 Å². The van der Waals surface area contributed by atoms with Crippen molar-refractivity contribution in [3.05, 3.63) is 30.3 Å². The van der Waals surface area contributed by atoms with Crippen molar-refractivity contribution in [1.82, 2.24) is 0 Å². The van der Waals surface area contributed by atoms with Gasteiger partial charge in [0.2, 0.25) is 9.84 Å². The number of sulfone groups is 1. The highest BCUT2D eigenvalue weighted by molar-refractivity contribution is 7.93. The first-order chi connectivity index (χ1) is 10.6. The zero-order valence-electron chi connectivity index (χ0n) is 11.3. The number of hydrogen-bond donors (Lipinski definition) is 3. The average Bonchev–Trinajstić information content (AvgIpc) is 2.39. The number of fused-ring (bicyclic) bond motifs is 1. The van der Waals surface area contributed by atoms with Gasteiger partial charge in [0.15, 0.2) is 0 Å². The van der Waals surface area contributed by atoms with Crippen LogP contribution in [0.1, 0.15) is 0 Å². The molecule has 0 saturated heterocycles. The highest BCUT2D eigenvalue weighted by Gasteiger charge is 2.32. The predicted molar refractivity (Wildman–Crippen MR) is 81.2 cm³/mol. The van der Waals surface area contributed by atoms with Crippen molar-refractivity contribution in [1.29, 1.82) is 0 Å². The Labute approximate surface area is 131 Å². The van der Waals surface area contributed by atoms with Crippen LogP contribution in [0.5, 0.6) is 0 Å². The van der Waals surface area contributed by atoms with Gasteiger partial charge in [-0.1, -0.05) is 0 Å². The summed E-state index contributed by atoms with van der Waals surface area (Å²) in [6, 6.07) is 5.56. The second-order valence-corrected chi connectivity index (χ2v) is 8.01. The third kappa shape index (κ3) is 2.34. The largest absolute Gasteiger partial charge is 0.399 e. The maximum Gasteiger partial charge on any atom is 0.295 e. The summed E-state index contributed by atoms with van der Waals surface area (Å²) in [4.78, 5) is -1.69. The van der Waals surface area contributed by atoms with Gasteiger partial charge in [0.1, 0.15) is 21.2 Å². The van der Waals surface area contributed by atoms with E-state index in [1.54, 1.807) is 0 Å². The molecule has 0 bridgehead atoms. The first-order valence-corrected chi connectivity index (χ1v) is 9.01. The molecular weight excluding hydrogens is 344 g/mol. The van der Waals surface area contributed by atoms with Crippen molar-refractivity contribution in [2.75, 3.05) is 11.5 Å². The van der Waals surface area contributed by atoms with E-state index in [2.05, 4.69) is 10.2 Å². The minimum Gasteiger partial charge on any atom is -0.399 e. The van der Waals surface area contributed by atoms with Crippen molar-refractivity contribution in [2.45, 2.75) is 14.7 Å². The number of anilines is 2. The van der Waals surface area contributed by atoms with Crippen molar-refractivity contribution in [2.24, 2.45) is 10.2 Å². The third-order valence-electron chi connectivity index (χ3n) is 3.22. The van der Waals surface area contributed by atoms with Gasteiger partial charge in [-0.2, -0.15) is 8.42 Å². The van der Waals surface area contributed by atoms with E-state index in [0.29, 0.717) is 0 Å². The fourth-order valence-corrected chi connectivity index (χ4v) is 4.82. The number of nitrogens with zero attached hydrogens (tertiary/aromatic N) is 2. The molecule has 23 heavy (non-hydrogen) atoms. The second-order valence-electron chi connectivity index (χ2n) is 4.73. The molecule has 0 fully saturated rings. The van der Waals surface area contributed by atoms with E-state index in [-0.39, 0.29) is 27.6 Å². The molecule has 0 aliphatic carbocycles. The SMILES string of the molecule is Nc1ccc(S(=O)(=O)O)c(S(=O)(=O)c2ccc(N)c3c2N=N3)c1. The van der Waals surface area contributed by atoms with Gasteiger partial charge in [0.05, 0.1) is 10.6 Å². The molecular formula is C12H10N4O5S2. The monoisotopic (exact) mass is 354 g/mol. The molecule has 0 radical (unpaired) electrons. The quantitative estimate of drug-likeness (QED) is 0.475. The normalized spacial score (nSPS) is 13.4. The van der Waals surface area contributed by atoms with Crippen LogP contribution in [-0.2, 0) is 20.0 Å². The van der Waals surface area contributed by atoms with E-state index in [4.69, 9.17) is 11.5 Å². The van der Waals surface area contributed by atoms with Crippen LogP contribution in [0.2, 0.25) is 0 Å². The maximum atomic E-state index is 12.8. The Balaban J connectivity index is 2.32. The van der Waals surface area contributed by atoms with Gasteiger partial charge < -0.3 is 11.5 Å². The fourth-order valence-electron chi connectivity index (χ4n) is 2.12. The number of nitrogens with two attached hydrogens (primary N) is 2. The van der Waals surface area contributed by atoms with Gasteiger partial charge in [-0.15, -0.1) is 10.2 Å². The summed E-state index contributed by atoms with van der Waals surface area (Å²) in [6.07, 6.45) is 0. The maximum absolute atomic E-state index is 12.8. The van der Waals surface area contributed by atoms with Crippen LogP contribution in [0.25, 0.3) is 0 Å². The average molecular weight is 354 g/mol. The molecule has 2 aromatic carbocycles. The van der Waals surface area contributed by atoms with E-state index < -0.39 is 29.7 Å². The fraction of sp³-hybridized carbons (Fsp3) is 0. The van der Waals surface area contributed by atoms with Crippen molar-refractivity contribution in [3.8, 4) is 0 Å². The first-order valence-electron chi connectivity index (χ1n) is 6.08. The van der Waals surface area contributed by atoms with E-state index >= 15 is 0 Å². The third-order valence-corrected chi connectivity index (χ3v) is 6.09. The molecule has 0 saturated carbocycles. The summed E-state index contributed by atoms with van der Waals surface area (Å²) in [6.45, 7) is 0. The smallest absolute Gasteiger partial charge is 0.295 e. The second kappa shape index (κ2) is 4.75. The standard InChI is InChI=1S/C12H10N4O5S2/c13-6-1-3-8(23(19,20)21)10(5-6)22(17,18)9-4-2-7(14)11-12(9)16-15-11/h1-5H,13-14H2,(H,19,20,21). The Morgan fingerprint density at radius 2 is 1.43 bits per heavy atom. The lowest BCUT2D eigenvalue weighted by molar-refractivity contribution is 0.480. The van der Waals surface area contributed by atoms with Crippen LogP contribution >= 0.6 is 0 Å². The van der Waals surface area contributed by atoms with E-state index in [1.807, 2.05) is 0 Å². The minimum atomic E-state index is -4.77. The molecule has 0 unspecified atom stereocenters. The molecule has 120 valence electrons. The van der Waals surface area contributed by atoms with Crippen LogP contribution in [0.15, 0.2) is 55.2 Å². The zero-order chi connectivity index (χ0) is 17.0. The summed E-state index contributed by atoms with van der Waals surface area (Å²) in [5, 5.41) is 7.25. The molecule has 3 rings (SSSR count). The number of benzene rings is 2. The predicted octanol–water partition coefficient (Wildman–Crippen LogP) is 1.66. The highest BCUT2D eigenvalue weighted by Crippen LogP contribution is 2.48. The summed E-state index contributed by atoms with van der Waals surface area (Å²) in [7, 11) is -9.09. The first kappa shape index (κ1) is 15.4. The lowest BCUT2D eigenvalue weighted by Gasteiger charge is -2.16. The van der Waals surface area contributed by atoms with Crippen molar-refractivity contribution >= 4 is 42.7 Å². The molecule has 2 aromatic rings. The molecule has 0 atom stereocenters. The summed E-state index contributed by atoms with van der Waals surface area (Å²) < 4.78 is 57.8. The Bertz CT molecular complexity index is 1070. The van der Waals surface area contributed by atoms with Gasteiger partial charge in [-0.05, 0) is 30.3 Å². The summed E-state index contributed by atoms with van der Waals surface area (Å²) in [5.41, 5.74) is 11.7. The zero-order valence-corrected chi connectivity index (χ0v) is 13.0. The Morgan fingerprint density at radius 3 is 2.00 bits per heavy atom. The minimum absolute atomic E-state index is 0.0203. The van der Waals surface area contributed by atoms with Crippen LogP contribution in [0.4, 0.5) is 22.7 Å². The molecule has 0 spiro atoms. The van der Waals surface area contributed by atoms with Gasteiger partial charge in [0.25, 0.3) is 10.1 Å². The van der Waals surface area contributed by atoms with Gasteiger partial charge in [-0.25, -0.2) is 8.42 Å². The van der Waals surface area contributed by atoms with E-state index in [0.717, 1.165) is 12.1 Å². The topological polar surface area (TPSA) is 165 Å². The molecule has 9 nitrogen and oxygen atoms in total. The highest BCUT2D eigenvalue weighted by atomic mass is 32.2. The van der Waals surface area contributed by atoms with Crippen LogP contribution in [-0.4, -0.2) is 21.4 Å². The number of azo groups is 1.